The van der Waals surface area contributed by atoms with Crippen molar-refractivity contribution in [3.8, 4) is 11.8 Å². The second-order valence-corrected chi connectivity index (χ2v) is 19.7. The number of nitriles is 1. The molecule has 0 aromatic heterocycles. The fourth-order valence-corrected chi connectivity index (χ4v) is 12.1. The number of imide groups is 1. The van der Waals surface area contributed by atoms with Crippen LogP contribution < -0.4 is 25.6 Å². The van der Waals surface area contributed by atoms with Gasteiger partial charge in [-0.25, -0.2) is 0 Å². The van der Waals surface area contributed by atoms with Gasteiger partial charge in [0.25, 0.3) is 5.91 Å². The van der Waals surface area contributed by atoms with Crippen LogP contribution in [0.15, 0.2) is 36.4 Å². The predicted octanol–water partition coefficient (Wildman–Crippen LogP) is 5.95. The van der Waals surface area contributed by atoms with E-state index in [0.717, 1.165) is 74.2 Å². The third-order valence-electron chi connectivity index (χ3n) is 15.1. The summed E-state index contributed by atoms with van der Waals surface area (Å²) in [6.07, 6.45) is 9.34. The first-order valence-corrected chi connectivity index (χ1v) is 21.3. The number of nitrogens with one attached hydrogen (secondary N) is 3. The van der Waals surface area contributed by atoms with E-state index in [1.807, 2.05) is 38.1 Å². The molecule has 3 aliphatic heterocycles. The summed E-state index contributed by atoms with van der Waals surface area (Å²) in [5, 5.41) is 18.1. The fourth-order valence-electron chi connectivity index (χ4n) is 12.1. The maximum absolute atomic E-state index is 13.6. The van der Waals surface area contributed by atoms with Crippen LogP contribution in [0.5, 0.6) is 5.75 Å². The average molecular weight is 777 g/mol. The number of benzene rings is 2. The van der Waals surface area contributed by atoms with Crippen LogP contribution in [0, 0.1) is 53.3 Å². The zero-order valence-electron chi connectivity index (χ0n) is 34.6. The van der Waals surface area contributed by atoms with E-state index in [4.69, 9.17) is 4.74 Å². The number of ether oxygens (including phenoxy) is 1. The molecule has 1 unspecified atom stereocenters. The van der Waals surface area contributed by atoms with Gasteiger partial charge in [-0.3, -0.25) is 29.4 Å². The molecule has 4 amide bonds. The molecule has 9 rings (SSSR count). The lowest BCUT2D eigenvalue weighted by Gasteiger charge is -2.73. The molecule has 3 N–H and O–H groups in total. The number of carbonyl (C=O) groups excluding carboxylic acids is 4. The average Bonchev–Trinajstić information content (AvgIpc) is 3.13. The summed E-state index contributed by atoms with van der Waals surface area (Å²) in [6, 6.07) is 13.6. The number of amides is 4. The van der Waals surface area contributed by atoms with Crippen LogP contribution in [-0.2, 0) is 14.4 Å². The molecule has 2 bridgehead atoms. The van der Waals surface area contributed by atoms with Crippen LogP contribution in [0.2, 0.25) is 0 Å². The van der Waals surface area contributed by atoms with E-state index < -0.39 is 6.04 Å². The van der Waals surface area contributed by atoms with Gasteiger partial charge in [-0.05, 0) is 144 Å². The minimum absolute atomic E-state index is 0.00786. The number of piperidine rings is 3. The van der Waals surface area contributed by atoms with Gasteiger partial charge in [0.15, 0.2) is 0 Å². The third kappa shape index (κ3) is 7.00. The van der Waals surface area contributed by atoms with E-state index in [0.29, 0.717) is 17.5 Å². The molecule has 304 valence electrons. The van der Waals surface area contributed by atoms with Gasteiger partial charge in [-0.15, -0.1) is 0 Å². The van der Waals surface area contributed by atoms with Crippen molar-refractivity contribution in [1.29, 1.82) is 5.26 Å². The van der Waals surface area contributed by atoms with Crippen LogP contribution >= 0.6 is 0 Å². The van der Waals surface area contributed by atoms with Crippen molar-refractivity contribution < 1.29 is 23.9 Å². The molecule has 2 aromatic carbocycles. The molecule has 7 fully saturated rings. The molecule has 11 heteroatoms. The highest BCUT2D eigenvalue weighted by atomic mass is 16.5. The molecular weight excluding hydrogens is 717 g/mol. The SMILES string of the molecule is Cc1cc(O[C@H]2C(C)(C)[C@H](NC(=O)c3ccc(N4CCC(CC5CCN(C67CC(C(=O)NC8CCC(=O)NC8=O)(C6)C7)CC5)CC4)cc3)C2(C)C)cc(C)c1C#N. The molecule has 3 heterocycles. The van der Waals surface area contributed by atoms with Crippen molar-refractivity contribution in [1.82, 2.24) is 20.9 Å². The van der Waals surface area contributed by atoms with E-state index in [1.165, 1.54) is 37.8 Å². The van der Waals surface area contributed by atoms with Crippen molar-refractivity contribution in [2.24, 2.45) is 28.1 Å². The summed E-state index contributed by atoms with van der Waals surface area (Å²) < 4.78 is 6.55. The standard InChI is InChI=1S/C46H60N6O5/c1-28-21-34(22-29(2)35(28)24-47)57-41-43(3,4)40(44(41,5)6)50-38(54)32-7-9-33(10-8-32)51-17-13-30(14-18-51)23-31-15-19-52(20-16-31)46-25-45(26-46,27-46)42(56)48-36-11-12-37(53)49-39(36)55/h7-10,21-22,30-31,36,40-41H,11-20,23,25-27H2,1-6H3,(H,48,56)(H,50,54)(H,49,53,55)/t36?,40-,41-,45?,46?. The zero-order valence-corrected chi connectivity index (χ0v) is 34.6. The number of aryl methyl sites for hydroxylation is 2. The zero-order chi connectivity index (χ0) is 40.5. The van der Waals surface area contributed by atoms with E-state index in [2.05, 4.69) is 71.6 Å². The third-order valence-corrected chi connectivity index (χ3v) is 15.1. The first kappa shape index (κ1) is 39.4. The van der Waals surface area contributed by atoms with Crippen molar-refractivity contribution in [2.75, 3.05) is 31.1 Å². The number of nitrogens with zero attached hydrogens (tertiary/aromatic N) is 3. The Morgan fingerprint density at radius 2 is 1.44 bits per heavy atom. The highest BCUT2D eigenvalue weighted by molar-refractivity contribution is 6.02. The van der Waals surface area contributed by atoms with Crippen LogP contribution in [0.4, 0.5) is 5.69 Å². The molecule has 1 atom stereocenters. The minimum Gasteiger partial charge on any atom is -0.489 e. The molecule has 57 heavy (non-hydrogen) atoms. The Kier molecular flexibility index (Phi) is 9.98. The van der Waals surface area contributed by atoms with Crippen molar-refractivity contribution in [3.63, 3.8) is 0 Å². The van der Waals surface area contributed by atoms with Crippen LogP contribution in [0.25, 0.3) is 0 Å². The highest BCUT2D eigenvalue weighted by Crippen LogP contribution is 2.70. The second-order valence-electron chi connectivity index (χ2n) is 19.7. The number of hydrogen-bond acceptors (Lipinski definition) is 8. The van der Waals surface area contributed by atoms with Gasteiger partial charge in [0.05, 0.1) is 17.0 Å². The number of carbonyl (C=O) groups is 4. The molecule has 2 aromatic rings. The van der Waals surface area contributed by atoms with Crippen molar-refractivity contribution >= 4 is 29.3 Å². The van der Waals surface area contributed by atoms with Gasteiger partial charge in [-0.1, -0.05) is 27.7 Å². The Morgan fingerprint density at radius 1 is 0.860 bits per heavy atom. The van der Waals surface area contributed by atoms with Gasteiger partial charge in [-0.2, -0.15) is 5.26 Å². The normalized spacial score (nSPS) is 30.8. The first-order valence-electron chi connectivity index (χ1n) is 21.3. The maximum Gasteiger partial charge on any atom is 0.251 e. The Balaban J connectivity index is 0.757. The summed E-state index contributed by atoms with van der Waals surface area (Å²) >= 11 is 0. The summed E-state index contributed by atoms with van der Waals surface area (Å²) in [4.78, 5) is 55.3. The number of anilines is 1. The topological polar surface area (TPSA) is 144 Å². The van der Waals surface area contributed by atoms with Gasteiger partial charge in [0.1, 0.15) is 17.9 Å². The maximum atomic E-state index is 13.6. The number of rotatable bonds is 10. The monoisotopic (exact) mass is 776 g/mol. The van der Waals surface area contributed by atoms with Gasteiger partial charge >= 0.3 is 0 Å². The van der Waals surface area contributed by atoms with E-state index in [9.17, 15) is 24.4 Å². The van der Waals surface area contributed by atoms with Gasteiger partial charge < -0.3 is 20.3 Å². The lowest BCUT2D eigenvalue weighted by molar-refractivity contribution is -0.223. The Morgan fingerprint density at radius 3 is 2.00 bits per heavy atom. The molecule has 0 radical (unpaired) electrons. The summed E-state index contributed by atoms with van der Waals surface area (Å²) in [5.41, 5.74) is 3.60. The smallest absolute Gasteiger partial charge is 0.251 e. The second kappa shape index (κ2) is 14.4. The summed E-state index contributed by atoms with van der Waals surface area (Å²) in [7, 11) is 0. The Labute approximate surface area is 337 Å². The largest absolute Gasteiger partial charge is 0.489 e. The van der Waals surface area contributed by atoms with E-state index >= 15 is 0 Å². The molecule has 3 saturated heterocycles. The Hall–Kier alpha value is -4.43. The first-order chi connectivity index (χ1) is 27.0. The minimum atomic E-state index is -0.590. The predicted molar refractivity (Wildman–Crippen MR) is 217 cm³/mol. The summed E-state index contributed by atoms with van der Waals surface area (Å²) in [6.45, 7) is 16.8. The van der Waals surface area contributed by atoms with Crippen molar-refractivity contribution in [3.05, 3.63) is 58.7 Å². The number of hydrogen-bond donors (Lipinski definition) is 3. The number of likely N-dealkylation sites (tertiary alicyclic amines) is 1. The lowest BCUT2D eigenvalue weighted by Crippen LogP contribution is -2.79. The molecular formula is C46H60N6O5. The fraction of sp³-hybridized carbons (Fsp3) is 0.630. The van der Waals surface area contributed by atoms with Crippen LogP contribution in [0.1, 0.15) is 119 Å². The van der Waals surface area contributed by atoms with Crippen molar-refractivity contribution in [2.45, 2.75) is 129 Å². The highest BCUT2D eigenvalue weighted by Gasteiger charge is 2.73. The molecule has 4 aliphatic carbocycles. The Bertz CT molecular complexity index is 1920. The molecule has 7 aliphatic rings. The molecule has 11 nitrogen and oxygen atoms in total. The summed E-state index contributed by atoms with van der Waals surface area (Å²) in [5.74, 6) is 1.54. The van der Waals surface area contributed by atoms with Crippen LogP contribution in [0.3, 0.4) is 0 Å². The van der Waals surface area contributed by atoms with Gasteiger partial charge in [0, 0.05) is 53.2 Å². The molecule has 0 spiro atoms. The molecule has 4 saturated carbocycles. The van der Waals surface area contributed by atoms with Crippen LogP contribution in [-0.4, -0.2) is 78.4 Å². The quantitative estimate of drug-likeness (QED) is 0.252. The van der Waals surface area contributed by atoms with E-state index in [1.54, 1.807) is 0 Å². The van der Waals surface area contributed by atoms with E-state index in [-0.39, 0.29) is 64.0 Å². The van der Waals surface area contributed by atoms with Gasteiger partial charge in [0.2, 0.25) is 17.7 Å². The lowest BCUT2D eigenvalue weighted by atomic mass is 9.38.